The fourth-order valence-electron chi connectivity index (χ4n) is 2.05. The van der Waals surface area contributed by atoms with E-state index in [1.54, 1.807) is 0 Å². The van der Waals surface area contributed by atoms with E-state index in [2.05, 4.69) is 0 Å². The molecule has 0 aromatic heterocycles. The number of carboxylic acid groups (broad SMARTS) is 1. The lowest BCUT2D eigenvalue weighted by atomic mass is 10.1. The minimum absolute atomic E-state index is 0.145. The largest absolute Gasteiger partial charge is 0.478 e. The topological polar surface area (TPSA) is 83.7 Å². The molecule has 21 heavy (non-hydrogen) atoms. The van der Waals surface area contributed by atoms with Gasteiger partial charge in [0.2, 0.25) is 0 Å². The van der Waals surface area contributed by atoms with Crippen LogP contribution in [0.15, 0.2) is 18.2 Å². The highest BCUT2D eigenvalue weighted by Crippen LogP contribution is 2.37. The molecule has 114 valence electrons. The molecule has 0 amide bonds. The van der Waals surface area contributed by atoms with Gasteiger partial charge < -0.3 is 10.0 Å². The van der Waals surface area contributed by atoms with Gasteiger partial charge in [-0.05, 0) is 18.9 Å². The van der Waals surface area contributed by atoms with Crippen LogP contribution >= 0.6 is 0 Å². The maximum absolute atomic E-state index is 12.6. The molecule has 0 atom stereocenters. The lowest BCUT2D eigenvalue weighted by Gasteiger charge is -2.27. The molecule has 0 radical (unpaired) electrons. The first-order chi connectivity index (χ1) is 9.69. The SMILES string of the molecule is O=C(O)c1cc([N+](=O)[O-])ccc1N(CC(F)(F)F)C1CC1. The van der Waals surface area contributed by atoms with Crippen molar-refractivity contribution in [1.82, 2.24) is 0 Å². The first-order valence-corrected chi connectivity index (χ1v) is 6.04. The molecular weight excluding hydrogens is 293 g/mol. The van der Waals surface area contributed by atoms with Crippen molar-refractivity contribution in [3.63, 3.8) is 0 Å². The third-order valence-corrected chi connectivity index (χ3v) is 3.07. The maximum Gasteiger partial charge on any atom is 0.405 e. The van der Waals surface area contributed by atoms with Crippen molar-refractivity contribution in [2.75, 3.05) is 11.4 Å². The number of hydrogen-bond donors (Lipinski definition) is 1. The van der Waals surface area contributed by atoms with Gasteiger partial charge >= 0.3 is 12.1 Å². The molecule has 9 heteroatoms. The van der Waals surface area contributed by atoms with Crippen LogP contribution < -0.4 is 4.90 Å². The number of carboxylic acids is 1. The predicted molar refractivity (Wildman–Crippen MR) is 66.5 cm³/mol. The van der Waals surface area contributed by atoms with E-state index in [0.717, 1.165) is 23.1 Å². The van der Waals surface area contributed by atoms with Crippen molar-refractivity contribution in [3.8, 4) is 0 Å². The van der Waals surface area contributed by atoms with Crippen LogP contribution in [0.25, 0.3) is 0 Å². The van der Waals surface area contributed by atoms with Gasteiger partial charge in [0.05, 0.1) is 16.2 Å². The van der Waals surface area contributed by atoms with E-state index in [1.165, 1.54) is 0 Å². The standard InChI is InChI=1S/C12H11F3N2O4/c13-12(14,15)6-16(7-1-2-7)10-4-3-8(17(20)21)5-9(10)11(18)19/h3-5,7H,1-2,6H2,(H,18,19). The van der Waals surface area contributed by atoms with Gasteiger partial charge in [0, 0.05) is 18.2 Å². The monoisotopic (exact) mass is 304 g/mol. The molecule has 0 aliphatic heterocycles. The molecule has 1 saturated carbocycles. The summed E-state index contributed by atoms with van der Waals surface area (Å²) in [5.41, 5.74) is -1.12. The number of hydrogen-bond acceptors (Lipinski definition) is 4. The molecule has 2 rings (SSSR count). The molecule has 0 saturated heterocycles. The van der Waals surface area contributed by atoms with Crippen molar-refractivity contribution in [3.05, 3.63) is 33.9 Å². The van der Waals surface area contributed by atoms with Crippen LogP contribution in [0, 0.1) is 10.1 Å². The summed E-state index contributed by atoms with van der Waals surface area (Å²) in [6.45, 7) is -1.28. The highest BCUT2D eigenvalue weighted by atomic mass is 19.4. The normalized spacial score (nSPS) is 14.8. The average molecular weight is 304 g/mol. The Balaban J connectivity index is 2.44. The third-order valence-electron chi connectivity index (χ3n) is 3.07. The fraction of sp³-hybridized carbons (Fsp3) is 0.417. The number of alkyl halides is 3. The quantitative estimate of drug-likeness (QED) is 0.668. The van der Waals surface area contributed by atoms with Crippen LogP contribution in [-0.4, -0.2) is 34.8 Å². The zero-order valence-electron chi connectivity index (χ0n) is 10.6. The molecule has 1 aromatic carbocycles. The lowest BCUT2D eigenvalue weighted by Crippen LogP contribution is -2.36. The van der Waals surface area contributed by atoms with Gasteiger partial charge in [0.15, 0.2) is 0 Å². The van der Waals surface area contributed by atoms with E-state index in [9.17, 15) is 28.1 Å². The molecule has 1 aliphatic rings. The van der Waals surface area contributed by atoms with Crippen molar-refractivity contribution < 1.29 is 28.0 Å². The molecule has 0 heterocycles. The molecule has 1 aliphatic carbocycles. The number of rotatable bonds is 5. The number of anilines is 1. The van der Waals surface area contributed by atoms with Crippen LogP contribution in [0.2, 0.25) is 0 Å². The molecule has 1 N–H and O–H groups in total. The Morgan fingerprint density at radius 2 is 2.05 bits per heavy atom. The first kappa shape index (κ1) is 15.1. The first-order valence-electron chi connectivity index (χ1n) is 6.04. The number of nitrogens with zero attached hydrogens (tertiary/aromatic N) is 2. The second kappa shape index (κ2) is 5.23. The Bertz CT molecular complexity index is 584. The molecular formula is C12H11F3N2O4. The molecule has 0 unspecified atom stereocenters. The lowest BCUT2D eigenvalue weighted by molar-refractivity contribution is -0.384. The third kappa shape index (κ3) is 3.61. The van der Waals surface area contributed by atoms with Crippen molar-refractivity contribution in [1.29, 1.82) is 0 Å². The Labute approximate surface area is 116 Å². The number of nitro groups is 1. The Hall–Kier alpha value is -2.32. The Kier molecular flexibility index (Phi) is 3.75. The van der Waals surface area contributed by atoms with Crippen LogP contribution in [-0.2, 0) is 0 Å². The van der Waals surface area contributed by atoms with Gasteiger partial charge in [-0.15, -0.1) is 0 Å². The number of benzene rings is 1. The summed E-state index contributed by atoms with van der Waals surface area (Å²) in [5, 5.41) is 19.7. The second-order valence-electron chi connectivity index (χ2n) is 4.74. The van der Waals surface area contributed by atoms with Crippen LogP contribution in [0.1, 0.15) is 23.2 Å². The minimum atomic E-state index is -4.49. The number of carbonyl (C=O) groups is 1. The fourth-order valence-corrected chi connectivity index (χ4v) is 2.05. The van der Waals surface area contributed by atoms with Gasteiger partial charge in [0.25, 0.3) is 5.69 Å². The van der Waals surface area contributed by atoms with E-state index < -0.39 is 34.9 Å². The van der Waals surface area contributed by atoms with Crippen molar-refractivity contribution in [2.24, 2.45) is 0 Å². The summed E-state index contributed by atoms with van der Waals surface area (Å²) in [6, 6.07) is 2.47. The molecule has 1 fully saturated rings. The summed E-state index contributed by atoms with van der Waals surface area (Å²) in [4.78, 5) is 22.0. The number of nitro benzene ring substituents is 1. The van der Waals surface area contributed by atoms with Gasteiger partial charge in [0.1, 0.15) is 6.54 Å². The van der Waals surface area contributed by atoms with Gasteiger partial charge in [-0.2, -0.15) is 13.2 Å². The summed E-state index contributed by atoms with van der Waals surface area (Å²) >= 11 is 0. The smallest absolute Gasteiger partial charge is 0.405 e. The van der Waals surface area contributed by atoms with Crippen LogP contribution in [0.4, 0.5) is 24.5 Å². The zero-order chi connectivity index (χ0) is 15.8. The van der Waals surface area contributed by atoms with E-state index in [0.29, 0.717) is 12.8 Å². The highest BCUT2D eigenvalue weighted by Gasteiger charge is 2.39. The number of non-ortho nitro benzene ring substituents is 1. The van der Waals surface area contributed by atoms with Gasteiger partial charge in [-0.25, -0.2) is 4.79 Å². The van der Waals surface area contributed by atoms with Gasteiger partial charge in [-0.1, -0.05) is 0 Å². The minimum Gasteiger partial charge on any atom is -0.478 e. The number of halogens is 3. The van der Waals surface area contributed by atoms with Crippen molar-refractivity contribution >= 4 is 17.3 Å². The van der Waals surface area contributed by atoms with E-state index >= 15 is 0 Å². The predicted octanol–water partition coefficient (Wildman–Crippen LogP) is 2.82. The van der Waals surface area contributed by atoms with Crippen LogP contribution in [0.3, 0.4) is 0 Å². The van der Waals surface area contributed by atoms with E-state index in [1.807, 2.05) is 0 Å². The molecule has 0 bridgehead atoms. The van der Waals surface area contributed by atoms with Crippen molar-refractivity contribution in [2.45, 2.75) is 25.1 Å². The molecule has 1 aromatic rings. The maximum atomic E-state index is 12.6. The summed E-state index contributed by atoms with van der Waals surface area (Å²) in [7, 11) is 0. The molecule has 0 spiro atoms. The van der Waals surface area contributed by atoms with Gasteiger partial charge in [-0.3, -0.25) is 10.1 Å². The average Bonchev–Trinajstić information content (AvgIpc) is 3.18. The summed E-state index contributed by atoms with van der Waals surface area (Å²) in [6.07, 6.45) is -3.42. The summed E-state index contributed by atoms with van der Waals surface area (Å²) in [5.74, 6) is -1.50. The molecule has 6 nitrogen and oxygen atoms in total. The van der Waals surface area contributed by atoms with E-state index in [-0.39, 0.29) is 11.7 Å². The zero-order valence-corrected chi connectivity index (χ0v) is 10.6. The second-order valence-corrected chi connectivity index (χ2v) is 4.74. The Morgan fingerprint density at radius 1 is 1.43 bits per heavy atom. The Morgan fingerprint density at radius 3 is 2.48 bits per heavy atom. The number of aromatic carboxylic acids is 1. The summed E-state index contributed by atoms with van der Waals surface area (Å²) < 4.78 is 37.9. The van der Waals surface area contributed by atoms with E-state index in [4.69, 9.17) is 5.11 Å². The van der Waals surface area contributed by atoms with Crippen LogP contribution in [0.5, 0.6) is 0 Å². The highest BCUT2D eigenvalue weighted by molar-refractivity contribution is 5.95.